The van der Waals surface area contributed by atoms with Crippen LogP contribution < -0.4 is 5.32 Å². The molecular formula is C18H16N2O5S3. The average molecular weight is 437 g/mol. The smallest absolute Gasteiger partial charge is 0.263 e. The number of sulfonamides is 1. The molecule has 2 aliphatic heterocycles. The molecule has 4 rings (SSSR count). The Morgan fingerprint density at radius 3 is 2.46 bits per heavy atom. The van der Waals surface area contributed by atoms with Gasteiger partial charge in [0.05, 0.1) is 23.0 Å². The van der Waals surface area contributed by atoms with Crippen molar-refractivity contribution in [2.75, 3.05) is 26.3 Å². The highest BCUT2D eigenvalue weighted by Gasteiger charge is 2.26. The number of morpholine rings is 1. The predicted molar refractivity (Wildman–Crippen MR) is 110 cm³/mol. The largest absolute Gasteiger partial charge is 0.457 e. The Morgan fingerprint density at radius 2 is 1.82 bits per heavy atom. The zero-order chi connectivity index (χ0) is 19.7. The van der Waals surface area contributed by atoms with E-state index in [1.165, 1.54) is 16.1 Å². The van der Waals surface area contributed by atoms with Crippen molar-refractivity contribution < 1.29 is 22.4 Å². The summed E-state index contributed by atoms with van der Waals surface area (Å²) < 4.78 is 38.2. The van der Waals surface area contributed by atoms with E-state index in [1.807, 2.05) is 0 Å². The van der Waals surface area contributed by atoms with Crippen LogP contribution in [0.25, 0.3) is 17.4 Å². The first-order chi connectivity index (χ1) is 13.4. The molecule has 3 heterocycles. The van der Waals surface area contributed by atoms with Gasteiger partial charge in [-0.15, -0.1) is 0 Å². The summed E-state index contributed by atoms with van der Waals surface area (Å²) in [4.78, 5) is 12.4. The maximum Gasteiger partial charge on any atom is 0.263 e. The Balaban J connectivity index is 1.53. The van der Waals surface area contributed by atoms with Crippen molar-refractivity contribution in [2.45, 2.75) is 4.90 Å². The third-order valence-corrected chi connectivity index (χ3v) is 7.36. The van der Waals surface area contributed by atoms with E-state index in [-0.39, 0.29) is 10.8 Å². The predicted octanol–water partition coefficient (Wildman–Crippen LogP) is 2.46. The van der Waals surface area contributed by atoms with Crippen LogP contribution in [0.5, 0.6) is 0 Å². The second-order valence-electron chi connectivity index (χ2n) is 6.10. The number of ether oxygens (including phenoxy) is 1. The number of hydrogen-bond acceptors (Lipinski definition) is 7. The topological polar surface area (TPSA) is 88.9 Å². The first-order valence-corrected chi connectivity index (χ1v) is 11.1. The fraction of sp³-hybridized carbons (Fsp3) is 0.222. The molecule has 0 radical (unpaired) electrons. The molecule has 0 bridgehead atoms. The van der Waals surface area contributed by atoms with E-state index in [0.717, 1.165) is 5.56 Å². The number of thiocarbonyl (C=S) groups is 1. The number of hydrogen-bond donors (Lipinski definition) is 1. The van der Waals surface area contributed by atoms with Crippen molar-refractivity contribution >= 4 is 50.3 Å². The summed E-state index contributed by atoms with van der Waals surface area (Å²) in [6, 6.07) is 10.1. The van der Waals surface area contributed by atoms with Gasteiger partial charge in [0.2, 0.25) is 10.0 Å². The second kappa shape index (κ2) is 7.80. The third kappa shape index (κ3) is 3.91. The first kappa shape index (κ1) is 19.3. The van der Waals surface area contributed by atoms with Gasteiger partial charge in [0.1, 0.15) is 15.8 Å². The van der Waals surface area contributed by atoms with E-state index in [9.17, 15) is 13.2 Å². The maximum absolute atomic E-state index is 12.7. The Bertz CT molecular complexity index is 1050. The Hall–Kier alpha value is -1.98. The van der Waals surface area contributed by atoms with Crippen LogP contribution in [-0.4, -0.2) is 49.3 Å². The molecule has 2 fully saturated rings. The summed E-state index contributed by atoms with van der Waals surface area (Å²) in [6.45, 7) is 1.52. The molecule has 0 saturated carbocycles. The van der Waals surface area contributed by atoms with E-state index in [1.54, 1.807) is 42.5 Å². The van der Waals surface area contributed by atoms with Crippen LogP contribution in [0.1, 0.15) is 5.76 Å². The standard InChI is InChI=1S/C18H16N2O5S3/c21-17-16(27-18(26)19-17)11-13-3-6-15(25-13)12-1-4-14(5-2-12)28(22,23)20-7-9-24-10-8-20/h1-6,11H,7-10H2,(H,19,21,26)/b16-11-. The minimum absolute atomic E-state index is 0.236. The van der Waals surface area contributed by atoms with Crippen LogP contribution in [-0.2, 0) is 19.6 Å². The van der Waals surface area contributed by atoms with Crippen LogP contribution in [0.3, 0.4) is 0 Å². The van der Waals surface area contributed by atoms with Crippen molar-refractivity contribution in [2.24, 2.45) is 0 Å². The molecular weight excluding hydrogens is 420 g/mol. The van der Waals surface area contributed by atoms with E-state index in [2.05, 4.69) is 5.32 Å². The number of furan rings is 1. The first-order valence-electron chi connectivity index (χ1n) is 8.46. The molecule has 2 aliphatic rings. The van der Waals surface area contributed by atoms with Crippen molar-refractivity contribution in [3.05, 3.63) is 47.1 Å². The molecule has 2 aromatic rings. The monoisotopic (exact) mass is 436 g/mol. The summed E-state index contributed by atoms with van der Waals surface area (Å²) in [7, 11) is -3.53. The second-order valence-corrected chi connectivity index (χ2v) is 9.75. The lowest BCUT2D eigenvalue weighted by atomic mass is 10.2. The number of carbonyl (C=O) groups is 1. The molecule has 0 aliphatic carbocycles. The number of thioether (sulfide) groups is 1. The molecule has 28 heavy (non-hydrogen) atoms. The van der Waals surface area contributed by atoms with Crippen molar-refractivity contribution in [1.82, 2.24) is 9.62 Å². The van der Waals surface area contributed by atoms with Gasteiger partial charge in [-0.1, -0.05) is 24.0 Å². The minimum atomic E-state index is -3.53. The molecule has 1 amide bonds. The third-order valence-electron chi connectivity index (χ3n) is 4.29. The van der Waals surface area contributed by atoms with E-state index in [4.69, 9.17) is 21.4 Å². The molecule has 0 atom stereocenters. The highest BCUT2D eigenvalue weighted by Crippen LogP contribution is 2.29. The van der Waals surface area contributed by atoms with E-state index in [0.29, 0.717) is 47.0 Å². The fourth-order valence-electron chi connectivity index (χ4n) is 2.86. The maximum atomic E-state index is 12.7. The van der Waals surface area contributed by atoms with Crippen molar-refractivity contribution in [3.8, 4) is 11.3 Å². The Morgan fingerprint density at radius 1 is 1.11 bits per heavy atom. The van der Waals surface area contributed by atoms with Gasteiger partial charge in [-0.25, -0.2) is 8.42 Å². The average Bonchev–Trinajstić information content (AvgIpc) is 3.29. The lowest BCUT2D eigenvalue weighted by Gasteiger charge is -2.26. The molecule has 1 aromatic heterocycles. The molecule has 146 valence electrons. The van der Waals surface area contributed by atoms with Gasteiger partial charge in [0.15, 0.2) is 0 Å². The number of nitrogens with zero attached hydrogens (tertiary/aromatic N) is 1. The molecule has 2 saturated heterocycles. The van der Waals surface area contributed by atoms with Crippen LogP contribution in [0.4, 0.5) is 0 Å². The van der Waals surface area contributed by atoms with Crippen molar-refractivity contribution in [3.63, 3.8) is 0 Å². The summed E-state index contributed by atoms with van der Waals surface area (Å²) in [6.07, 6.45) is 1.63. The van der Waals surface area contributed by atoms with Crippen LogP contribution >= 0.6 is 24.0 Å². The van der Waals surface area contributed by atoms with Gasteiger partial charge in [-0.3, -0.25) is 4.79 Å². The molecule has 10 heteroatoms. The summed E-state index contributed by atoms with van der Waals surface area (Å²) in [5, 5.41) is 2.55. The number of amides is 1. The van der Waals surface area contributed by atoms with E-state index < -0.39 is 10.0 Å². The number of nitrogens with one attached hydrogen (secondary N) is 1. The summed E-state index contributed by atoms with van der Waals surface area (Å²) in [5.74, 6) is 0.848. The molecule has 1 aromatic carbocycles. The lowest BCUT2D eigenvalue weighted by Crippen LogP contribution is -2.40. The van der Waals surface area contributed by atoms with Gasteiger partial charge in [0.25, 0.3) is 5.91 Å². The summed E-state index contributed by atoms with van der Waals surface area (Å²) >= 11 is 6.14. The minimum Gasteiger partial charge on any atom is -0.457 e. The van der Waals surface area contributed by atoms with Crippen molar-refractivity contribution in [1.29, 1.82) is 0 Å². The molecule has 0 unspecified atom stereocenters. The highest BCUT2D eigenvalue weighted by atomic mass is 32.2. The fourth-order valence-corrected chi connectivity index (χ4v) is 5.30. The number of rotatable bonds is 4. The summed E-state index contributed by atoms with van der Waals surface area (Å²) in [5.41, 5.74) is 0.740. The van der Waals surface area contributed by atoms with Gasteiger partial charge in [0, 0.05) is 24.7 Å². The van der Waals surface area contributed by atoms with Crippen LogP contribution in [0.2, 0.25) is 0 Å². The highest BCUT2D eigenvalue weighted by molar-refractivity contribution is 8.26. The van der Waals surface area contributed by atoms with Gasteiger partial charge in [-0.2, -0.15) is 4.31 Å². The van der Waals surface area contributed by atoms with Gasteiger partial charge >= 0.3 is 0 Å². The lowest BCUT2D eigenvalue weighted by molar-refractivity contribution is -0.115. The van der Waals surface area contributed by atoms with Crippen LogP contribution in [0, 0.1) is 0 Å². The molecule has 7 nitrogen and oxygen atoms in total. The number of carbonyl (C=O) groups excluding carboxylic acids is 1. The SMILES string of the molecule is O=C1NC(=S)S/C1=C\c1ccc(-c2ccc(S(=O)(=O)N3CCOCC3)cc2)o1. The van der Waals surface area contributed by atoms with E-state index >= 15 is 0 Å². The van der Waals surface area contributed by atoms with Gasteiger partial charge in [-0.05, 0) is 36.4 Å². The molecule has 1 N–H and O–H groups in total. The normalized spacial score (nSPS) is 19.9. The Kier molecular flexibility index (Phi) is 5.39. The molecule has 0 spiro atoms. The number of benzene rings is 1. The Labute approximate surface area is 171 Å². The van der Waals surface area contributed by atoms with Crippen LogP contribution in [0.15, 0.2) is 50.6 Å². The quantitative estimate of drug-likeness (QED) is 0.582. The zero-order valence-electron chi connectivity index (χ0n) is 14.6. The van der Waals surface area contributed by atoms with Gasteiger partial charge < -0.3 is 14.5 Å². The zero-order valence-corrected chi connectivity index (χ0v) is 17.0.